The molecule has 7 nitrogen and oxygen atoms in total. The predicted octanol–water partition coefficient (Wildman–Crippen LogP) is 2.98. The molecule has 0 atom stereocenters. The molecule has 1 aromatic heterocycles. The van der Waals surface area contributed by atoms with Crippen LogP contribution in [0.15, 0.2) is 48.5 Å². The Labute approximate surface area is 166 Å². The Morgan fingerprint density at radius 2 is 1.96 bits per heavy atom. The van der Waals surface area contributed by atoms with E-state index in [9.17, 15) is 9.59 Å². The van der Waals surface area contributed by atoms with E-state index in [-0.39, 0.29) is 18.2 Å². The van der Waals surface area contributed by atoms with Crippen molar-refractivity contribution in [1.82, 2.24) is 15.0 Å². The van der Waals surface area contributed by atoms with Gasteiger partial charge in [-0.2, -0.15) is 9.90 Å². The highest BCUT2D eigenvalue weighted by Gasteiger charge is 2.26. The van der Waals surface area contributed by atoms with Crippen molar-refractivity contribution in [2.24, 2.45) is 0 Å². The summed E-state index contributed by atoms with van der Waals surface area (Å²) in [6.07, 6.45) is 0.795. The van der Waals surface area contributed by atoms with Crippen molar-refractivity contribution in [2.75, 3.05) is 18.1 Å². The average Bonchev–Trinajstić information content (AvgIpc) is 3.29. The van der Waals surface area contributed by atoms with E-state index in [0.29, 0.717) is 22.9 Å². The molecule has 0 saturated carbocycles. The van der Waals surface area contributed by atoms with E-state index in [1.165, 1.54) is 4.80 Å². The smallest absolute Gasteiger partial charge is 0.361 e. The van der Waals surface area contributed by atoms with Gasteiger partial charge in [-0.1, -0.05) is 35.9 Å². The van der Waals surface area contributed by atoms with Crippen LogP contribution in [0.5, 0.6) is 0 Å². The molecule has 2 heterocycles. The molecule has 0 fully saturated rings. The zero-order valence-corrected chi connectivity index (χ0v) is 15.9. The van der Waals surface area contributed by atoms with E-state index in [1.807, 2.05) is 24.3 Å². The van der Waals surface area contributed by atoms with Gasteiger partial charge in [-0.15, -0.1) is 5.10 Å². The standard InChI is InChI=1S/C20H17ClN4O3/c1-13-19(23-25(22-13)16-7-4-6-15(21)11-16)20(27)28-12-18(26)24-10-9-14-5-2-3-8-17(14)24/h2-8,11H,9-10,12H2,1H3. The van der Waals surface area contributed by atoms with Gasteiger partial charge >= 0.3 is 5.97 Å². The van der Waals surface area contributed by atoms with Gasteiger partial charge < -0.3 is 9.64 Å². The number of aromatic nitrogens is 3. The second-order valence-corrected chi connectivity index (χ2v) is 6.84. The first-order valence-corrected chi connectivity index (χ1v) is 9.16. The minimum atomic E-state index is -0.688. The monoisotopic (exact) mass is 396 g/mol. The predicted molar refractivity (Wildman–Crippen MR) is 104 cm³/mol. The fourth-order valence-electron chi connectivity index (χ4n) is 3.15. The number of aryl methyl sites for hydroxylation is 1. The number of nitrogens with zero attached hydrogens (tertiary/aromatic N) is 4. The SMILES string of the molecule is Cc1nn(-c2cccc(Cl)c2)nc1C(=O)OCC(=O)N1CCc2ccccc21. The van der Waals surface area contributed by atoms with Crippen molar-refractivity contribution in [3.63, 3.8) is 0 Å². The van der Waals surface area contributed by atoms with Crippen molar-refractivity contribution in [3.8, 4) is 5.69 Å². The maximum absolute atomic E-state index is 12.5. The van der Waals surface area contributed by atoms with Crippen molar-refractivity contribution in [3.05, 3.63) is 70.5 Å². The van der Waals surface area contributed by atoms with E-state index in [4.69, 9.17) is 16.3 Å². The molecule has 0 N–H and O–H groups in total. The highest BCUT2D eigenvalue weighted by atomic mass is 35.5. The highest BCUT2D eigenvalue weighted by molar-refractivity contribution is 6.30. The van der Waals surface area contributed by atoms with Crippen LogP contribution in [0.25, 0.3) is 5.69 Å². The Morgan fingerprint density at radius 1 is 1.14 bits per heavy atom. The van der Waals surface area contributed by atoms with Crippen LogP contribution in [0.2, 0.25) is 5.02 Å². The molecule has 8 heteroatoms. The van der Waals surface area contributed by atoms with E-state index < -0.39 is 5.97 Å². The molecule has 0 unspecified atom stereocenters. The number of ether oxygens (including phenoxy) is 1. The molecule has 0 aliphatic carbocycles. The van der Waals surface area contributed by atoms with Crippen LogP contribution in [0.4, 0.5) is 5.69 Å². The van der Waals surface area contributed by atoms with Gasteiger partial charge in [0.05, 0.1) is 11.4 Å². The van der Waals surface area contributed by atoms with Crippen LogP contribution >= 0.6 is 11.6 Å². The van der Waals surface area contributed by atoms with E-state index in [1.54, 1.807) is 36.1 Å². The fraction of sp³-hybridized carbons (Fsp3) is 0.200. The lowest BCUT2D eigenvalue weighted by Gasteiger charge is -2.16. The third-order valence-electron chi connectivity index (χ3n) is 4.53. The number of esters is 1. The summed E-state index contributed by atoms with van der Waals surface area (Å²) in [5, 5.41) is 8.94. The molecule has 0 spiro atoms. The second-order valence-electron chi connectivity index (χ2n) is 6.40. The minimum Gasteiger partial charge on any atom is -0.451 e. The quantitative estimate of drug-likeness (QED) is 0.633. The number of fused-ring (bicyclic) bond motifs is 1. The van der Waals surface area contributed by atoms with Gasteiger partial charge in [-0.25, -0.2) is 4.79 Å². The molecule has 0 bridgehead atoms. The summed E-state index contributed by atoms with van der Waals surface area (Å²) in [4.78, 5) is 27.8. The molecule has 0 radical (unpaired) electrons. The third kappa shape index (κ3) is 3.48. The first-order chi connectivity index (χ1) is 13.5. The number of benzene rings is 2. The Kier molecular flexibility index (Phi) is 4.83. The molecule has 2 aromatic carbocycles. The lowest BCUT2D eigenvalue weighted by atomic mass is 10.2. The Balaban J connectivity index is 1.44. The zero-order valence-electron chi connectivity index (χ0n) is 15.1. The molecule has 0 saturated heterocycles. The number of halogens is 1. The lowest BCUT2D eigenvalue weighted by Crippen LogP contribution is -2.33. The van der Waals surface area contributed by atoms with E-state index in [0.717, 1.165) is 17.7 Å². The molecule has 1 aliphatic heterocycles. The first kappa shape index (κ1) is 18.2. The summed E-state index contributed by atoms with van der Waals surface area (Å²) in [6, 6.07) is 14.7. The van der Waals surface area contributed by atoms with Crippen molar-refractivity contribution < 1.29 is 14.3 Å². The van der Waals surface area contributed by atoms with Crippen molar-refractivity contribution in [1.29, 1.82) is 0 Å². The lowest BCUT2D eigenvalue weighted by molar-refractivity contribution is -0.121. The van der Waals surface area contributed by atoms with Gasteiger partial charge in [0, 0.05) is 17.3 Å². The third-order valence-corrected chi connectivity index (χ3v) is 4.76. The number of carbonyl (C=O) groups is 2. The van der Waals surface area contributed by atoms with Gasteiger partial charge in [-0.3, -0.25) is 4.79 Å². The summed E-state index contributed by atoms with van der Waals surface area (Å²) >= 11 is 5.98. The Hall–Kier alpha value is -3.19. The van der Waals surface area contributed by atoms with Crippen LogP contribution in [-0.2, 0) is 16.0 Å². The van der Waals surface area contributed by atoms with Crippen LogP contribution in [0.3, 0.4) is 0 Å². The average molecular weight is 397 g/mol. The largest absolute Gasteiger partial charge is 0.451 e. The van der Waals surface area contributed by atoms with E-state index >= 15 is 0 Å². The number of hydrogen-bond acceptors (Lipinski definition) is 5. The van der Waals surface area contributed by atoms with Crippen molar-refractivity contribution in [2.45, 2.75) is 13.3 Å². The summed E-state index contributed by atoms with van der Waals surface area (Å²) < 4.78 is 5.20. The number of amides is 1. The summed E-state index contributed by atoms with van der Waals surface area (Å²) in [5.41, 5.74) is 3.08. The van der Waals surface area contributed by atoms with Gasteiger partial charge in [-0.05, 0) is 43.2 Å². The van der Waals surface area contributed by atoms with Gasteiger partial charge in [0.2, 0.25) is 0 Å². The maximum atomic E-state index is 12.5. The topological polar surface area (TPSA) is 77.3 Å². The molecule has 4 rings (SSSR count). The molecule has 1 amide bonds. The first-order valence-electron chi connectivity index (χ1n) is 8.78. The number of para-hydroxylation sites is 1. The van der Waals surface area contributed by atoms with Crippen LogP contribution in [-0.4, -0.2) is 40.0 Å². The molecular weight excluding hydrogens is 380 g/mol. The normalized spacial score (nSPS) is 12.7. The van der Waals surface area contributed by atoms with Crippen LogP contribution in [0.1, 0.15) is 21.7 Å². The molecule has 28 heavy (non-hydrogen) atoms. The number of carbonyl (C=O) groups excluding carboxylic acids is 2. The fourth-order valence-corrected chi connectivity index (χ4v) is 3.34. The van der Waals surface area contributed by atoms with Gasteiger partial charge in [0.25, 0.3) is 5.91 Å². The number of hydrogen-bond donors (Lipinski definition) is 0. The molecule has 142 valence electrons. The Morgan fingerprint density at radius 3 is 2.79 bits per heavy atom. The Bertz CT molecular complexity index is 1060. The van der Waals surface area contributed by atoms with Crippen LogP contribution in [0, 0.1) is 6.92 Å². The molecular formula is C20H17ClN4O3. The van der Waals surface area contributed by atoms with Crippen LogP contribution < -0.4 is 4.90 Å². The number of rotatable bonds is 4. The summed E-state index contributed by atoms with van der Waals surface area (Å²) in [5.74, 6) is -0.954. The maximum Gasteiger partial charge on any atom is 0.361 e. The van der Waals surface area contributed by atoms with Crippen molar-refractivity contribution >= 4 is 29.2 Å². The molecule has 1 aliphatic rings. The highest BCUT2D eigenvalue weighted by Crippen LogP contribution is 2.27. The summed E-state index contributed by atoms with van der Waals surface area (Å²) in [6.45, 7) is 1.89. The number of anilines is 1. The summed E-state index contributed by atoms with van der Waals surface area (Å²) in [7, 11) is 0. The van der Waals surface area contributed by atoms with E-state index in [2.05, 4.69) is 10.2 Å². The minimum absolute atomic E-state index is 0.0644. The molecule has 3 aromatic rings. The zero-order chi connectivity index (χ0) is 19.7. The van der Waals surface area contributed by atoms with Gasteiger partial charge in [0.15, 0.2) is 12.3 Å². The second kappa shape index (κ2) is 7.44. The van der Waals surface area contributed by atoms with Gasteiger partial charge in [0.1, 0.15) is 0 Å².